The van der Waals surface area contributed by atoms with Crippen LogP contribution in [0.2, 0.25) is 6.32 Å². The second kappa shape index (κ2) is 9.07. The van der Waals surface area contributed by atoms with Crippen molar-refractivity contribution < 1.29 is 18.4 Å². The average Bonchev–Trinajstić information content (AvgIpc) is 2.30. The Kier molecular flexibility index (Phi) is 7.97. The lowest BCUT2D eigenvalue weighted by molar-refractivity contribution is 0.163. The van der Waals surface area contributed by atoms with E-state index in [1.165, 1.54) is 7.69 Å². The maximum Gasteiger partial charge on any atom is 0.611 e. The Hall–Kier alpha value is -0.00519. The molecule has 1 heterocycles. The van der Waals surface area contributed by atoms with Crippen LogP contribution in [0.1, 0.15) is 32.6 Å². The number of rotatable bonds is 8. The molecule has 0 unspecified atom stereocenters. The molecule has 1 radical (unpaired) electrons. The topological polar surface area (TPSA) is 62.9 Å². The first-order valence-electron chi connectivity index (χ1n) is 5.96. The van der Waals surface area contributed by atoms with Crippen molar-refractivity contribution in [3.8, 4) is 0 Å². The van der Waals surface area contributed by atoms with Crippen LogP contribution in [-0.4, -0.2) is 35.3 Å². The fraction of sp³-hybridized carbons (Fsp3) is 1.00. The summed E-state index contributed by atoms with van der Waals surface area (Å²) in [6.45, 7) is 3.45. The Bertz CT molecular complexity index is 161. The highest BCUT2D eigenvalue weighted by Crippen LogP contribution is 2.10. The van der Waals surface area contributed by atoms with Crippen LogP contribution in [-0.2, 0) is 18.4 Å². The first kappa shape index (κ1) is 14.1. The summed E-state index contributed by atoms with van der Waals surface area (Å²) in [6, 6.07) is 0. The van der Waals surface area contributed by atoms with Gasteiger partial charge >= 0.3 is 22.1 Å². The average molecular weight is 226 g/mol. The third-order valence-corrected chi connectivity index (χ3v) is 2.28. The van der Waals surface area contributed by atoms with Crippen LogP contribution in [0.25, 0.3) is 0 Å². The molecule has 5 nitrogen and oxygen atoms in total. The highest BCUT2D eigenvalue weighted by molar-refractivity contribution is 6.65. The fourth-order valence-corrected chi connectivity index (χ4v) is 1.32. The molecule has 0 aromatic carbocycles. The number of hydrogen-bond donors (Lipinski definition) is 1. The molecule has 0 spiro atoms. The van der Waals surface area contributed by atoms with Crippen molar-refractivity contribution in [1.29, 1.82) is 0 Å². The highest BCUT2D eigenvalue weighted by Gasteiger charge is 2.34. The molecule has 1 aliphatic heterocycles. The normalized spacial score (nSPS) is 16.4. The van der Waals surface area contributed by atoms with Gasteiger partial charge in [-0.15, -0.1) is 0 Å². The predicted octanol–water partition coefficient (Wildman–Crippen LogP) is 0.613. The molecule has 0 bridgehead atoms. The predicted molar refractivity (Wildman–Crippen MR) is 64.5 cm³/mol. The van der Waals surface area contributed by atoms with Gasteiger partial charge in [-0.3, -0.25) is 0 Å². The van der Waals surface area contributed by atoms with Crippen molar-refractivity contribution in [2.45, 2.75) is 38.9 Å². The molecule has 0 atom stereocenters. The molecule has 0 aromatic rings. The third-order valence-electron chi connectivity index (χ3n) is 2.28. The molecule has 0 aliphatic carbocycles. The quantitative estimate of drug-likeness (QED) is 0.485. The molecular weight excluding hydrogens is 207 g/mol. The van der Waals surface area contributed by atoms with E-state index in [4.69, 9.17) is 24.1 Å². The van der Waals surface area contributed by atoms with E-state index in [0.717, 1.165) is 32.0 Å². The first-order valence-corrected chi connectivity index (χ1v) is 5.96. The summed E-state index contributed by atoms with van der Waals surface area (Å²) in [4.78, 5) is 0. The summed E-state index contributed by atoms with van der Waals surface area (Å²) in [5, 5.41) is 0. The third kappa shape index (κ3) is 5.91. The van der Waals surface area contributed by atoms with E-state index in [9.17, 15) is 0 Å². The van der Waals surface area contributed by atoms with Gasteiger partial charge in [0.05, 0.1) is 0 Å². The van der Waals surface area contributed by atoms with Gasteiger partial charge in [0, 0.05) is 6.61 Å². The Morgan fingerprint density at radius 3 is 2.88 bits per heavy atom. The molecule has 1 saturated heterocycles. The second-order valence-electron chi connectivity index (χ2n) is 3.73. The lowest BCUT2D eigenvalue weighted by atomic mass is 9.77. The van der Waals surface area contributed by atoms with Crippen LogP contribution in [0.15, 0.2) is 0 Å². The van der Waals surface area contributed by atoms with Crippen molar-refractivity contribution in [3.63, 3.8) is 0 Å². The highest BCUT2D eigenvalue weighted by atomic mass is 16.8. The van der Waals surface area contributed by atoms with Crippen LogP contribution in [0.3, 0.4) is 0 Å². The minimum atomic E-state index is -0.622. The van der Waals surface area contributed by atoms with Crippen molar-refractivity contribution in [1.82, 2.24) is 0 Å². The maximum absolute atomic E-state index is 5.44. The second-order valence-corrected chi connectivity index (χ2v) is 3.73. The summed E-state index contributed by atoms with van der Waals surface area (Å²) in [6.07, 6.45) is 4.86. The van der Waals surface area contributed by atoms with Crippen LogP contribution in [0, 0.1) is 0 Å². The van der Waals surface area contributed by atoms with Gasteiger partial charge in [-0.1, -0.05) is 19.8 Å². The zero-order chi connectivity index (χ0) is 11.6. The van der Waals surface area contributed by atoms with Crippen molar-refractivity contribution >= 4 is 22.1 Å². The van der Waals surface area contributed by atoms with E-state index in [0.29, 0.717) is 13.2 Å². The van der Waals surface area contributed by atoms with Crippen LogP contribution in [0.5, 0.6) is 0 Å². The van der Waals surface area contributed by atoms with Gasteiger partial charge in [0.2, 0.25) is 0 Å². The van der Waals surface area contributed by atoms with Crippen LogP contribution >= 0.6 is 0 Å². The lowest BCUT2D eigenvalue weighted by Gasteiger charge is -2.24. The van der Waals surface area contributed by atoms with Crippen molar-refractivity contribution in [2.75, 3.05) is 13.2 Å². The molecule has 8 heteroatoms. The van der Waals surface area contributed by atoms with Gasteiger partial charge in [-0.2, -0.15) is 0 Å². The number of unbranched alkanes of at least 4 members (excludes halogenated alkanes) is 2. The molecule has 16 heavy (non-hydrogen) atoms. The van der Waals surface area contributed by atoms with Crippen molar-refractivity contribution in [3.05, 3.63) is 0 Å². The Morgan fingerprint density at radius 1 is 1.25 bits per heavy atom. The van der Waals surface area contributed by atoms with E-state index >= 15 is 0 Å². The maximum atomic E-state index is 5.44. The molecule has 0 aromatic heterocycles. The smallest absolute Gasteiger partial charge is 0.455 e. The lowest BCUT2D eigenvalue weighted by Crippen LogP contribution is -2.44. The standard InChI is InChI=1S/C8H19B3NO4/c1-2-3-8-13-11-15-9-14-10(16-11)6-4-5-7-12/h2-8,12H2,1H3. The molecule has 1 rings (SSSR count). The van der Waals surface area contributed by atoms with Crippen molar-refractivity contribution in [2.24, 2.45) is 5.73 Å². The Labute approximate surface area is 99.0 Å². The zero-order valence-electron chi connectivity index (χ0n) is 9.89. The molecule has 0 amide bonds. The number of nitrogens with two attached hydrogens (primary N) is 1. The van der Waals surface area contributed by atoms with E-state index in [1.54, 1.807) is 0 Å². The van der Waals surface area contributed by atoms with E-state index < -0.39 is 7.32 Å². The molecule has 2 N–H and O–H groups in total. The van der Waals surface area contributed by atoms with E-state index in [2.05, 4.69) is 6.92 Å². The van der Waals surface area contributed by atoms with E-state index in [-0.39, 0.29) is 7.12 Å². The van der Waals surface area contributed by atoms with Crippen LogP contribution < -0.4 is 5.73 Å². The van der Waals surface area contributed by atoms with Gasteiger partial charge in [-0.05, 0) is 25.7 Å². The molecule has 0 saturated carbocycles. The number of hydrogen-bond acceptors (Lipinski definition) is 5. The minimum Gasteiger partial charge on any atom is -0.455 e. The first-order chi connectivity index (χ1) is 7.86. The van der Waals surface area contributed by atoms with E-state index in [1.807, 2.05) is 0 Å². The summed E-state index contributed by atoms with van der Waals surface area (Å²) < 4.78 is 21.0. The fourth-order valence-electron chi connectivity index (χ4n) is 1.32. The summed E-state index contributed by atoms with van der Waals surface area (Å²) in [7, 11) is 0.405. The Morgan fingerprint density at radius 2 is 2.12 bits per heavy atom. The van der Waals surface area contributed by atoms with Gasteiger partial charge in [0.25, 0.3) is 0 Å². The molecule has 89 valence electrons. The zero-order valence-corrected chi connectivity index (χ0v) is 9.89. The van der Waals surface area contributed by atoms with Gasteiger partial charge in [0.15, 0.2) is 0 Å². The van der Waals surface area contributed by atoms with Crippen LogP contribution in [0.4, 0.5) is 0 Å². The Balaban J connectivity index is 2.09. The largest absolute Gasteiger partial charge is 0.611 e. The van der Waals surface area contributed by atoms with Gasteiger partial charge in [0.1, 0.15) is 0 Å². The van der Waals surface area contributed by atoms with Gasteiger partial charge in [-0.25, -0.2) is 0 Å². The summed E-state index contributed by atoms with van der Waals surface area (Å²) in [5.74, 6) is 0. The monoisotopic (exact) mass is 226 g/mol. The molecule has 1 fully saturated rings. The molecular formula is C8H19B3NO4. The minimum absolute atomic E-state index is 0.271. The summed E-state index contributed by atoms with van der Waals surface area (Å²) in [5.41, 5.74) is 5.41. The summed E-state index contributed by atoms with van der Waals surface area (Å²) >= 11 is 0. The van der Waals surface area contributed by atoms with Gasteiger partial charge < -0.3 is 24.1 Å². The SMILES string of the molecule is CCCCOB1O[B]OB(CCCCN)O1. The molecule has 1 aliphatic rings.